The number of anilines is 2. The van der Waals surface area contributed by atoms with Crippen LogP contribution >= 0.6 is 0 Å². The highest BCUT2D eigenvalue weighted by atomic mass is 16.5. The van der Waals surface area contributed by atoms with E-state index in [0.29, 0.717) is 0 Å². The number of hydrogen-bond acceptors (Lipinski definition) is 6. The lowest BCUT2D eigenvalue weighted by Gasteiger charge is -2.27. The number of aromatic nitrogens is 2. The van der Waals surface area contributed by atoms with E-state index in [4.69, 9.17) is 9.47 Å². The fraction of sp³-hybridized carbons (Fsp3) is 0.444. The first kappa shape index (κ1) is 16.5. The van der Waals surface area contributed by atoms with Crippen molar-refractivity contribution in [1.29, 1.82) is 0 Å². The number of benzene rings is 1. The summed E-state index contributed by atoms with van der Waals surface area (Å²) >= 11 is 0. The highest BCUT2D eigenvalue weighted by molar-refractivity contribution is 5.44. The summed E-state index contributed by atoms with van der Waals surface area (Å²) in [4.78, 5) is 11.4. The molecule has 1 fully saturated rings. The summed E-state index contributed by atoms with van der Waals surface area (Å²) in [6, 6.07) is 10.1. The Labute approximate surface area is 142 Å². The molecule has 1 N–H and O–H groups in total. The maximum Gasteiger partial charge on any atom is 0.227 e. The molecule has 0 bridgehead atoms. The van der Waals surface area contributed by atoms with Gasteiger partial charge >= 0.3 is 0 Å². The van der Waals surface area contributed by atoms with Crippen molar-refractivity contribution < 1.29 is 9.47 Å². The van der Waals surface area contributed by atoms with Gasteiger partial charge in [-0.05, 0) is 31.0 Å². The van der Waals surface area contributed by atoms with Crippen molar-refractivity contribution >= 4 is 11.8 Å². The summed E-state index contributed by atoms with van der Waals surface area (Å²) in [5.41, 5.74) is 2.21. The van der Waals surface area contributed by atoms with E-state index < -0.39 is 0 Å². The highest BCUT2D eigenvalue weighted by Crippen LogP contribution is 2.16. The number of morpholine rings is 1. The van der Waals surface area contributed by atoms with Crippen molar-refractivity contribution in [3.8, 4) is 5.75 Å². The summed E-state index contributed by atoms with van der Waals surface area (Å²) in [6.07, 6.45) is 0.910. The van der Waals surface area contributed by atoms with Crippen molar-refractivity contribution in [3.63, 3.8) is 0 Å². The summed E-state index contributed by atoms with van der Waals surface area (Å²) in [7, 11) is 1.69. The third kappa shape index (κ3) is 4.35. The fourth-order valence-corrected chi connectivity index (χ4v) is 2.71. The second-order valence-corrected chi connectivity index (χ2v) is 5.82. The smallest absolute Gasteiger partial charge is 0.227 e. The van der Waals surface area contributed by atoms with Crippen LogP contribution in [0.15, 0.2) is 30.3 Å². The standard InChI is InChI=1S/C18H24N4O2/c1-14-12-17(21-18(20-14)22-8-10-24-11-9-22)19-7-6-15-4-3-5-16(13-15)23-2/h3-5,12-13H,6-11H2,1-2H3,(H,19,20,21). The molecule has 1 aromatic carbocycles. The molecule has 0 amide bonds. The van der Waals surface area contributed by atoms with Crippen LogP contribution in [0, 0.1) is 6.92 Å². The largest absolute Gasteiger partial charge is 0.497 e. The van der Waals surface area contributed by atoms with E-state index in [2.05, 4.69) is 32.3 Å². The Balaban J connectivity index is 1.61. The molecule has 0 radical (unpaired) electrons. The molecule has 3 rings (SSSR count). The molecule has 0 unspecified atom stereocenters. The van der Waals surface area contributed by atoms with Crippen molar-refractivity contribution in [1.82, 2.24) is 9.97 Å². The first-order valence-electron chi connectivity index (χ1n) is 8.30. The summed E-state index contributed by atoms with van der Waals surface area (Å²) < 4.78 is 10.7. The normalized spacial score (nSPS) is 14.5. The van der Waals surface area contributed by atoms with Crippen LogP contribution in [0.5, 0.6) is 5.75 Å². The molecule has 6 heteroatoms. The van der Waals surface area contributed by atoms with E-state index >= 15 is 0 Å². The number of hydrogen-bond donors (Lipinski definition) is 1. The van der Waals surface area contributed by atoms with Gasteiger partial charge in [0.25, 0.3) is 0 Å². The Morgan fingerprint density at radius 2 is 2.04 bits per heavy atom. The molecule has 0 spiro atoms. The quantitative estimate of drug-likeness (QED) is 0.878. The molecule has 0 saturated carbocycles. The molecular weight excluding hydrogens is 304 g/mol. The summed E-state index contributed by atoms with van der Waals surface area (Å²) in [5, 5.41) is 3.40. The minimum absolute atomic E-state index is 0.732. The van der Waals surface area contributed by atoms with Crippen molar-refractivity contribution in [2.24, 2.45) is 0 Å². The van der Waals surface area contributed by atoms with Gasteiger partial charge in [0, 0.05) is 31.4 Å². The van der Waals surface area contributed by atoms with E-state index in [0.717, 1.165) is 62.5 Å². The first-order valence-corrected chi connectivity index (χ1v) is 8.30. The fourth-order valence-electron chi connectivity index (χ4n) is 2.71. The first-order chi connectivity index (χ1) is 11.7. The molecule has 1 aromatic heterocycles. The van der Waals surface area contributed by atoms with Gasteiger partial charge in [0.05, 0.1) is 20.3 Å². The molecule has 2 aromatic rings. The van der Waals surface area contributed by atoms with Crippen LogP contribution in [-0.2, 0) is 11.2 Å². The van der Waals surface area contributed by atoms with Crippen LogP contribution in [0.1, 0.15) is 11.3 Å². The van der Waals surface area contributed by atoms with Gasteiger partial charge in [0.2, 0.25) is 5.95 Å². The zero-order valence-electron chi connectivity index (χ0n) is 14.3. The number of rotatable bonds is 6. The molecule has 24 heavy (non-hydrogen) atoms. The lowest BCUT2D eigenvalue weighted by atomic mass is 10.1. The predicted octanol–water partition coefficient (Wildman–Crippen LogP) is 2.28. The maximum absolute atomic E-state index is 5.39. The molecule has 0 aliphatic carbocycles. The maximum atomic E-state index is 5.39. The number of nitrogens with one attached hydrogen (secondary N) is 1. The number of ether oxygens (including phenoxy) is 2. The van der Waals surface area contributed by atoms with Gasteiger partial charge in [-0.2, -0.15) is 4.98 Å². The third-order valence-corrected chi connectivity index (χ3v) is 3.99. The lowest BCUT2D eigenvalue weighted by Crippen LogP contribution is -2.37. The molecular formula is C18H24N4O2. The van der Waals surface area contributed by atoms with Gasteiger partial charge in [-0.3, -0.25) is 0 Å². The third-order valence-electron chi connectivity index (χ3n) is 3.99. The second-order valence-electron chi connectivity index (χ2n) is 5.82. The van der Waals surface area contributed by atoms with Crippen molar-refractivity contribution in [2.75, 3.05) is 50.2 Å². The molecule has 128 valence electrons. The molecule has 2 heterocycles. The van der Waals surface area contributed by atoms with Gasteiger partial charge in [0.1, 0.15) is 11.6 Å². The van der Waals surface area contributed by atoms with E-state index in [9.17, 15) is 0 Å². The predicted molar refractivity (Wildman–Crippen MR) is 95.0 cm³/mol. The van der Waals surface area contributed by atoms with Gasteiger partial charge in [-0.25, -0.2) is 4.98 Å². The minimum atomic E-state index is 0.732. The second kappa shape index (κ2) is 7.97. The minimum Gasteiger partial charge on any atom is -0.497 e. The van der Waals surface area contributed by atoms with Gasteiger partial charge in [0.15, 0.2) is 0 Å². The van der Waals surface area contributed by atoms with E-state index in [1.165, 1.54) is 5.56 Å². The number of nitrogens with zero attached hydrogens (tertiary/aromatic N) is 3. The number of methoxy groups -OCH3 is 1. The Hall–Kier alpha value is -2.34. The van der Waals surface area contributed by atoms with Crippen LogP contribution in [0.3, 0.4) is 0 Å². The van der Waals surface area contributed by atoms with Crippen molar-refractivity contribution in [2.45, 2.75) is 13.3 Å². The van der Waals surface area contributed by atoms with Crippen LogP contribution in [0.2, 0.25) is 0 Å². The van der Waals surface area contributed by atoms with Crippen LogP contribution < -0.4 is 15.0 Å². The molecule has 1 aliphatic rings. The van der Waals surface area contributed by atoms with Crippen LogP contribution in [0.25, 0.3) is 0 Å². The van der Waals surface area contributed by atoms with Crippen LogP contribution in [-0.4, -0.2) is 49.9 Å². The van der Waals surface area contributed by atoms with Crippen LogP contribution in [0.4, 0.5) is 11.8 Å². The Morgan fingerprint density at radius 3 is 2.83 bits per heavy atom. The van der Waals surface area contributed by atoms with Gasteiger partial charge < -0.3 is 19.7 Å². The number of aryl methyl sites for hydroxylation is 1. The van der Waals surface area contributed by atoms with Gasteiger partial charge in [-0.15, -0.1) is 0 Å². The molecule has 1 aliphatic heterocycles. The Kier molecular flexibility index (Phi) is 5.48. The van der Waals surface area contributed by atoms with Gasteiger partial charge in [-0.1, -0.05) is 12.1 Å². The highest BCUT2D eigenvalue weighted by Gasteiger charge is 2.14. The summed E-state index contributed by atoms with van der Waals surface area (Å²) in [6.45, 7) is 5.95. The van der Waals surface area contributed by atoms with E-state index in [1.807, 2.05) is 25.1 Å². The monoisotopic (exact) mass is 328 g/mol. The topological polar surface area (TPSA) is 59.5 Å². The summed E-state index contributed by atoms with van der Waals surface area (Å²) in [5.74, 6) is 2.54. The Bertz CT molecular complexity index is 672. The van der Waals surface area contributed by atoms with E-state index in [1.54, 1.807) is 7.11 Å². The average Bonchev–Trinajstić information content (AvgIpc) is 2.62. The SMILES string of the molecule is COc1cccc(CCNc2cc(C)nc(N3CCOCC3)n2)c1. The Morgan fingerprint density at radius 1 is 1.21 bits per heavy atom. The average molecular weight is 328 g/mol. The molecule has 6 nitrogen and oxygen atoms in total. The zero-order valence-corrected chi connectivity index (χ0v) is 14.3. The molecule has 1 saturated heterocycles. The zero-order chi connectivity index (χ0) is 16.8. The lowest BCUT2D eigenvalue weighted by molar-refractivity contribution is 0.122. The van der Waals surface area contributed by atoms with E-state index in [-0.39, 0.29) is 0 Å². The molecule has 0 atom stereocenters. The van der Waals surface area contributed by atoms with Crippen molar-refractivity contribution in [3.05, 3.63) is 41.6 Å².